The Morgan fingerprint density at radius 3 is 2.96 bits per heavy atom. The highest BCUT2D eigenvalue weighted by Gasteiger charge is 2.11. The van der Waals surface area contributed by atoms with Crippen LogP contribution in [-0.2, 0) is 17.8 Å². The maximum absolute atomic E-state index is 12.3. The second-order valence-corrected chi connectivity index (χ2v) is 6.18. The zero-order chi connectivity index (χ0) is 17.6. The van der Waals surface area contributed by atoms with E-state index in [-0.39, 0.29) is 11.9 Å². The number of aromatic nitrogens is 2. The van der Waals surface area contributed by atoms with Gasteiger partial charge in [0.25, 0.3) is 0 Å². The van der Waals surface area contributed by atoms with E-state index in [1.807, 2.05) is 55.7 Å². The average molecular weight is 337 g/mol. The van der Waals surface area contributed by atoms with Crippen LogP contribution in [0, 0.1) is 0 Å². The Labute approximate surface area is 147 Å². The summed E-state index contributed by atoms with van der Waals surface area (Å²) >= 11 is 0. The van der Waals surface area contributed by atoms with Gasteiger partial charge in [0.05, 0.1) is 18.8 Å². The van der Waals surface area contributed by atoms with Gasteiger partial charge in [0.1, 0.15) is 5.75 Å². The zero-order valence-electron chi connectivity index (χ0n) is 14.6. The largest absolute Gasteiger partial charge is 0.496 e. The first-order chi connectivity index (χ1) is 12.2. The molecule has 0 saturated carbocycles. The molecule has 3 aromatic rings. The van der Waals surface area contributed by atoms with Crippen LogP contribution in [0.25, 0.3) is 10.9 Å². The molecule has 1 amide bonds. The molecule has 0 aliphatic rings. The van der Waals surface area contributed by atoms with E-state index < -0.39 is 0 Å². The zero-order valence-corrected chi connectivity index (χ0v) is 14.6. The van der Waals surface area contributed by atoms with E-state index in [0.717, 1.165) is 28.6 Å². The highest BCUT2D eigenvalue weighted by Crippen LogP contribution is 2.19. The van der Waals surface area contributed by atoms with Gasteiger partial charge in [-0.2, -0.15) is 0 Å². The Morgan fingerprint density at radius 1 is 1.28 bits per heavy atom. The smallest absolute Gasteiger partial charge is 0.222 e. The molecule has 25 heavy (non-hydrogen) atoms. The van der Waals surface area contributed by atoms with Crippen molar-refractivity contribution >= 4 is 16.8 Å². The lowest BCUT2D eigenvalue weighted by molar-refractivity contribution is -0.121. The number of hydrogen-bond acceptors (Lipinski definition) is 3. The van der Waals surface area contributed by atoms with E-state index in [0.29, 0.717) is 13.0 Å². The highest BCUT2D eigenvalue weighted by molar-refractivity contribution is 5.79. The molecule has 0 unspecified atom stereocenters. The maximum atomic E-state index is 12.3. The number of hydrogen-bond donors (Lipinski definition) is 1. The standard InChI is InChI=1S/C20H23N3O2/c1-15(13-17-5-3-4-6-19(17)25-2)22-20(24)9-12-23-11-8-16-7-10-21-14-18(16)23/h3-8,10-11,14-15H,9,12-13H2,1-2H3,(H,22,24)/t15-/m1/s1. The van der Waals surface area contributed by atoms with E-state index in [1.54, 1.807) is 13.3 Å². The second kappa shape index (κ2) is 7.83. The van der Waals surface area contributed by atoms with Crippen LogP contribution < -0.4 is 10.1 Å². The Kier molecular flexibility index (Phi) is 5.33. The molecule has 0 bridgehead atoms. The summed E-state index contributed by atoms with van der Waals surface area (Å²) in [6.07, 6.45) is 6.79. The van der Waals surface area contributed by atoms with Crippen molar-refractivity contribution in [2.45, 2.75) is 32.4 Å². The normalized spacial score (nSPS) is 12.1. The van der Waals surface area contributed by atoms with Crippen LogP contribution in [0.2, 0.25) is 0 Å². The van der Waals surface area contributed by atoms with Crippen molar-refractivity contribution in [2.75, 3.05) is 7.11 Å². The number of fused-ring (bicyclic) bond motifs is 1. The predicted octanol–water partition coefficient (Wildman–Crippen LogP) is 3.18. The minimum atomic E-state index is 0.0480. The summed E-state index contributed by atoms with van der Waals surface area (Å²) in [5.74, 6) is 0.906. The van der Waals surface area contributed by atoms with Crippen molar-refractivity contribution in [3.8, 4) is 5.75 Å². The summed E-state index contributed by atoms with van der Waals surface area (Å²) in [5.41, 5.74) is 2.15. The number of carbonyl (C=O) groups is 1. The van der Waals surface area contributed by atoms with Crippen LogP contribution in [-0.4, -0.2) is 28.6 Å². The van der Waals surface area contributed by atoms with Crippen molar-refractivity contribution in [2.24, 2.45) is 0 Å². The van der Waals surface area contributed by atoms with E-state index in [4.69, 9.17) is 4.74 Å². The van der Waals surface area contributed by atoms with Crippen LogP contribution in [0.15, 0.2) is 55.0 Å². The monoisotopic (exact) mass is 337 g/mol. The molecule has 1 aromatic carbocycles. The molecule has 3 rings (SSSR count). The van der Waals surface area contributed by atoms with E-state index in [9.17, 15) is 4.79 Å². The Hall–Kier alpha value is -2.82. The number of ether oxygens (including phenoxy) is 1. The second-order valence-electron chi connectivity index (χ2n) is 6.18. The third-order valence-electron chi connectivity index (χ3n) is 4.28. The number of nitrogens with one attached hydrogen (secondary N) is 1. The Balaban J connectivity index is 1.53. The molecule has 1 atom stereocenters. The first-order valence-electron chi connectivity index (χ1n) is 8.47. The third kappa shape index (κ3) is 4.18. The minimum Gasteiger partial charge on any atom is -0.496 e. The molecule has 2 aromatic heterocycles. The summed E-state index contributed by atoms with van der Waals surface area (Å²) in [7, 11) is 1.67. The van der Waals surface area contributed by atoms with Crippen molar-refractivity contribution < 1.29 is 9.53 Å². The number of pyridine rings is 1. The first-order valence-corrected chi connectivity index (χ1v) is 8.47. The third-order valence-corrected chi connectivity index (χ3v) is 4.28. The van der Waals surface area contributed by atoms with Gasteiger partial charge < -0.3 is 14.6 Å². The molecule has 0 aliphatic heterocycles. The topological polar surface area (TPSA) is 56.1 Å². The number of rotatable bonds is 7. The van der Waals surface area contributed by atoms with Gasteiger partial charge >= 0.3 is 0 Å². The quantitative estimate of drug-likeness (QED) is 0.720. The fraction of sp³-hybridized carbons (Fsp3) is 0.300. The van der Waals surface area contributed by atoms with Gasteiger partial charge in [-0.3, -0.25) is 9.78 Å². The number of carbonyl (C=O) groups excluding carboxylic acids is 1. The maximum Gasteiger partial charge on any atom is 0.222 e. The van der Waals surface area contributed by atoms with Gasteiger partial charge in [0, 0.05) is 36.8 Å². The van der Waals surface area contributed by atoms with Crippen LogP contribution in [0.4, 0.5) is 0 Å². The van der Waals surface area contributed by atoms with Crippen molar-refractivity contribution in [1.29, 1.82) is 0 Å². The molecular formula is C20H23N3O2. The fourth-order valence-electron chi connectivity index (χ4n) is 3.04. The Morgan fingerprint density at radius 2 is 2.12 bits per heavy atom. The molecule has 0 saturated heterocycles. The highest BCUT2D eigenvalue weighted by atomic mass is 16.5. The molecule has 2 heterocycles. The molecule has 0 fully saturated rings. The summed E-state index contributed by atoms with van der Waals surface area (Å²) in [6.45, 7) is 2.65. The van der Waals surface area contributed by atoms with Crippen molar-refractivity contribution in [3.63, 3.8) is 0 Å². The van der Waals surface area contributed by atoms with Crippen LogP contribution in [0.1, 0.15) is 18.9 Å². The number of aryl methyl sites for hydroxylation is 1. The number of benzene rings is 1. The van der Waals surface area contributed by atoms with E-state index in [2.05, 4.69) is 14.9 Å². The summed E-state index contributed by atoms with van der Waals surface area (Å²) < 4.78 is 7.43. The molecule has 0 aliphatic carbocycles. The van der Waals surface area contributed by atoms with Crippen LogP contribution in [0.5, 0.6) is 5.75 Å². The van der Waals surface area contributed by atoms with Gasteiger partial charge in [0.15, 0.2) is 0 Å². The molecule has 130 valence electrons. The lowest BCUT2D eigenvalue weighted by Gasteiger charge is -2.16. The van der Waals surface area contributed by atoms with E-state index >= 15 is 0 Å². The van der Waals surface area contributed by atoms with Gasteiger partial charge in [0.2, 0.25) is 5.91 Å². The predicted molar refractivity (Wildman–Crippen MR) is 98.7 cm³/mol. The first kappa shape index (κ1) is 17.0. The fourth-order valence-corrected chi connectivity index (χ4v) is 3.04. The van der Waals surface area contributed by atoms with E-state index in [1.165, 1.54) is 0 Å². The van der Waals surface area contributed by atoms with Crippen molar-refractivity contribution in [3.05, 3.63) is 60.6 Å². The minimum absolute atomic E-state index is 0.0480. The van der Waals surface area contributed by atoms with Gasteiger partial charge in [-0.15, -0.1) is 0 Å². The molecule has 0 spiro atoms. The SMILES string of the molecule is COc1ccccc1C[C@@H](C)NC(=O)CCn1ccc2ccncc21. The van der Waals surface area contributed by atoms with Gasteiger partial charge in [-0.1, -0.05) is 18.2 Å². The molecular weight excluding hydrogens is 314 g/mol. The molecule has 5 heteroatoms. The van der Waals surface area contributed by atoms with Gasteiger partial charge in [-0.25, -0.2) is 0 Å². The summed E-state index contributed by atoms with van der Waals surface area (Å²) in [6, 6.07) is 12.0. The van der Waals surface area contributed by atoms with Crippen LogP contribution >= 0.6 is 0 Å². The molecule has 1 N–H and O–H groups in total. The van der Waals surface area contributed by atoms with Crippen molar-refractivity contribution in [1.82, 2.24) is 14.9 Å². The van der Waals surface area contributed by atoms with Crippen LogP contribution in [0.3, 0.4) is 0 Å². The summed E-state index contributed by atoms with van der Waals surface area (Å²) in [5, 5.41) is 4.21. The number of methoxy groups -OCH3 is 1. The number of amides is 1. The number of para-hydroxylation sites is 1. The lowest BCUT2D eigenvalue weighted by atomic mass is 10.1. The number of nitrogens with zero attached hydrogens (tertiary/aromatic N) is 2. The molecule has 5 nitrogen and oxygen atoms in total. The lowest BCUT2D eigenvalue weighted by Crippen LogP contribution is -2.34. The molecule has 0 radical (unpaired) electrons. The summed E-state index contributed by atoms with van der Waals surface area (Å²) in [4.78, 5) is 16.4. The van der Waals surface area contributed by atoms with Gasteiger partial charge in [-0.05, 0) is 37.1 Å². The Bertz CT molecular complexity index is 857. The average Bonchev–Trinajstić information content (AvgIpc) is 3.03.